The van der Waals surface area contributed by atoms with E-state index >= 15 is 0 Å². The molecule has 1 saturated heterocycles. The van der Waals surface area contributed by atoms with Crippen molar-refractivity contribution < 1.29 is 9.59 Å². The lowest BCUT2D eigenvalue weighted by Crippen LogP contribution is -2.50. The minimum atomic E-state index is -0.377. The van der Waals surface area contributed by atoms with Gasteiger partial charge in [-0.2, -0.15) is 4.98 Å². The first-order chi connectivity index (χ1) is 13.3. The molecule has 7 nitrogen and oxygen atoms in total. The van der Waals surface area contributed by atoms with Crippen LogP contribution in [0.3, 0.4) is 0 Å². The summed E-state index contributed by atoms with van der Waals surface area (Å²) in [6.07, 6.45) is 6.20. The molecule has 1 aliphatic carbocycles. The molecule has 2 amide bonds. The van der Waals surface area contributed by atoms with E-state index in [-0.39, 0.29) is 35.6 Å². The lowest BCUT2D eigenvalue weighted by molar-refractivity contribution is -0.138. The quantitative estimate of drug-likeness (QED) is 0.791. The number of amides is 2. The molecule has 154 valence electrons. The fraction of sp³-hybridized carbons (Fsp3) is 0.714. The number of aryl methyl sites for hydroxylation is 2. The van der Waals surface area contributed by atoms with Crippen LogP contribution >= 0.6 is 0 Å². The van der Waals surface area contributed by atoms with Gasteiger partial charge in [0.1, 0.15) is 6.54 Å². The van der Waals surface area contributed by atoms with E-state index in [2.05, 4.69) is 4.98 Å². The van der Waals surface area contributed by atoms with Crippen LogP contribution < -0.4 is 5.69 Å². The number of carbonyl (C=O) groups excluding carboxylic acids is 2. The van der Waals surface area contributed by atoms with E-state index in [1.54, 1.807) is 13.8 Å². The zero-order valence-electron chi connectivity index (χ0n) is 17.5. The van der Waals surface area contributed by atoms with Crippen molar-refractivity contribution in [3.63, 3.8) is 0 Å². The molecule has 0 unspecified atom stereocenters. The Bertz CT molecular complexity index is 810. The Morgan fingerprint density at radius 1 is 1.25 bits per heavy atom. The number of carbonyl (C=O) groups is 2. The van der Waals surface area contributed by atoms with Gasteiger partial charge in [-0.15, -0.1) is 0 Å². The highest BCUT2D eigenvalue weighted by atomic mass is 16.2. The van der Waals surface area contributed by atoms with E-state index in [0.717, 1.165) is 37.8 Å². The SMILES string of the molecule is CCN(C(C)=O)[C@@H]1CN(C(=O)Cn2c(C)cc(C)nc2=O)C2(CCCCC2)C1. The monoisotopic (exact) mass is 388 g/mol. The molecule has 7 heteroatoms. The number of nitrogens with zero attached hydrogens (tertiary/aromatic N) is 4. The summed E-state index contributed by atoms with van der Waals surface area (Å²) in [6, 6.07) is 1.88. The van der Waals surface area contributed by atoms with Crippen molar-refractivity contribution in [1.82, 2.24) is 19.4 Å². The Morgan fingerprint density at radius 3 is 2.50 bits per heavy atom. The number of hydrogen-bond acceptors (Lipinski definition) is 4. The van der Waals surface area contributed by atoms with Gasteiger partial charge in [0.25, 0.3) is 0 Å². The second-order valence-electron chi connectivity index (χ2n) is 8.36. The molecule has 1 aliphatic heterocycles. The predicted molar refractivity (Wildman–Crippen MR) is 107 cm³/mol. The average Bonchev–Trinajstić information content (AvgIpc) is 2.97. The molecule has 2 heterocycles. The third-order valence-corrected chi connectivity index (χ3v) is 6.49. The van der Waals surface area contributed by atoms with Crippen LogP contribution in [0.2, 0.25) is 0 Å². The molecule has 2 aliphatic rings. The normalized spacial score (nSPS) is 21.1. The number of aromatic nitrogens is 2. The minimum absolute atomic E-state index is 0.0125. The van der Waals surface area contributed by atoms with Crippen LogP contribution in [0.5, 0.6) is 0 Å². The highest BCUT2D eigenvalue weighted by Gasteiger charge is 2.49. The lowest BCUT2D eigenvalue weighted by atomic mass is 9.79. The maximum absolute atomic E-state index is 13.3. The Kier molecular flexibility index (Phi) is 5.91. The minimum Gasteiger partial charge on any atom is -0.338 e. The summed E-state index contributed by atoms with van der Waals surface area (Å²) in [7, 11) is 0. The van der Waals surface area contributed by atoms with Gasteiger partial charge < -0.3 is 9.80 Å². The predicted octanol–water partition coefficient (Wildman–Crippen LogP) is 2.03. The largest absolute Gasteiger partial charge is 0.348 e. The zero-order chi connectivity index (χ0) is 20.5. The van der Waals surface area contributed by atoms with Crippen LogP contribution in [-0.4, -0.2) is 55.8 Å². The standard InChI is InChI=1S/C21H32N4O3/c1-5-23(17(4)26)18-12-21(9-7-6-8-10-21)25(13-18)19(27)14-24-16(3)11-15(2)22-20(24)28/h11,18H,5-10,12-14H2,1-4H3/t18-/m0/s1. The van der Waals surface area contributed by atoms with E-state index in [9.17, 15) is 14.4 Å². The van der Waals surface area contributed by atoms with Gasteiger partial charge in [0.05, 0.1) is 6.04 Å². The highest BCUT2D eigenvalue weighted by Crippen LogP contribution is 2.43. The van der Waals surface area contributed by atoms with Crippen molar-refractivity contribution in [1.29, 1.82) is 0 Å². The molecular weight excluding hydrogens is 356 g/mol. The maximum atomic E-state index is 13.3. The molecular formula is C21H32N4O3. The molecule has 1 atom stereocenters. The van der Waals surface area contributed by atoms with E-state index in [1.165, 1.54) is 11.0 Å². The molecule has 0 radical (unpaired) electrons. The van der Waals surface area contributed by atoms with Crippen LogP contribution in [0, 0.1) is 13.8 Å². The molecule has 0 N–H and O–H groups in total. The second-order valence-corrected chi connectivity index (χ2v) is 8.36. The van der Waals surface area contributed by atoms with Gasteiger partial charge in [0.15, 0.2) is 0 Å². The first kappa shape index (κ1) is 20.6. The molecule has 1 aromatic rings. The summed E-state index contributed by atoms with van der Waals surface area (Å²) in [5.41, 5.74) is 0.853. The van der Waals surface area contributed by atoms with E-state index in [4.69, 9.17) is 0 Å². The smallest absolute Gasteiger partial charge is 0.338 e. The zero-order valence-corrected chi connectivity index (χ0v) is 17.5. The third kappa shape index (κ3) is 3.84. The maximum Gasteiger partial charge on any atom is 0.348 e. The molecule has 2 fully saturated rings. The van der Waals surface area contributed by atoms with Crippen molar-refractivity contribution in [3.05, 3.63) is 27.9 Å². The summed E-state index contributed by atoms with van der Waals surface area (Å²) in [6.45, 7) is 8.42. The summed E-state index contributed by atoms with van der Waals surface area (Å²) >= 11 is 0. The Morgan fingerprint density at radius 2 is 1.93 bits per heavy atom. The first-order valence-electron chi connectivity index (χ1n) is 10.4. The number of likely N-dealkylation sites (N-methyl/N-ethyl adjacent to an activating group) is 1. The Hall–Kier alpha value is -2.18. The molecule has 1 aromatic heterocycles. The molecule has 0 bridgehead atoms. The third-order valence-electron chi connectivity index (χ3n) is 6.49. The molecule has 1 spiro atoms. The Labute approximate surface area is 166 Å². The summed E-state index contributed by atoms with van der Waals surface area (Å²) in [4.78, 5) is 45.6. The van der Waals surface area contributed by atoms with E-state index in [1.807, 2.05) is 29.7 Å². The molecule has 1 saturated carbocycles. The molecule has 28 heavy (non-hydrogen) atoms. The summed E-state index contributed by atoms with van der Waals surface area (Å²) < 4.78 is 1.46. The van der Waals surface area contributed by atoms with Crippen molar-refractivity contribution >= 4 is 11.8 Å². The van der Waals surface area contributed by atoms with Gasteiger partial charge in [-0.3, -0.25) is 14.2 Å². The molecule has 3 rings (SSSR count). The van der Waals surface area contributed by atoms with Crippen LogP contribution in [0.1, 0.15) is 63.8 Å². The van der Waals surface area contributed by atoms with Gasteiger partial charge in [0.2, 0.25) is 11.8 Å². The van der Waals surface area contributed by atoms with Crippen molar-refractivity contribution in [2.24, 2.45) is 0 Å². The molecule has 0 aromatic carbocycles. The second kappa shape index (κ2) is 8.05. The number of rotatable bonds is 4. The first-order valence-corrected chi connectivity index (χ1v) is 10.4. The topological polar surface area (TPSA) is 75.5 Å². The van der Waals surface area contributed by atoms with Crippen molar-refractivity contribution in [2.75, 3.05) is 13.1 Å². The van der Waals surface area contributed by atoms with Crippen molar-refractivity contribution in [3.8, 4) is 0 Å². The van der Waals surface area contributed by atoms with Crippen LogP contribution in [0.25, 0.3) is 0 Å². The highest BCUT2D eigenvalue weighted by molar-refractivity contribution is 5.78. The fourth-order valence-electron chi connectivity index (χ4n) is 5.20. The average molecular weight is 389 g/mol. The van der Waals surface area contributed by atoms with Crippen LogP contribution in [-0.2, 0) is 16.1 Å². The van der Waals surface area contributed by atoms with Gasteiger partial charge in [0, 0.05) is 36.9 Å². The van der Waals surface area contributed by atoms with Gasteiger partial charge in [-0.05, 0) is 46.1 Å². The Balaban J connectivity index is 1.88. The summed E-state index contributed by atoms with van der Waals surface area (Å²) in [5, 5.41) is 0. The van der Waals surface area contributed by atoms with E-state index < -0.39 is 0 Å². The van der Waals surface area contributed by atoms with Crippen LogP contribution in [0.15, 0.2) is 10.9 Å². The van der Waals surface area contributed by atoms with E-state index in [0.29, 0.717) is 18.8 Å². The van der Waals surface area contributed by atoms with Gasteiger partial charge in [-0.25, -0.2) is 4.79 Å². The fourth-order valence-corrected chi connectivity index (χ4v) is 5.20. The summed E-state index contributed by atoms with van der Waals surface area (Å²) in [5.74, 6) is 0.0161. The van der Waals surface area contributed by atoms with Gasteiger partial charge in [-0.1, -0.05) is 19.3 Å². The van der Waals surface area contributed by atoms with Crippen molar-refractivity contribution in [2.45, 2.75) is 84.3 Å². The number of hydrogen-bond donors (Lipinski definition) is 0. The van der Waals surface area contributed by atoms with Gasteiger partial charge >= 0.3 is 5.69 Å². The lowest BCUT2D eigenvalue weighted by Gasteiger charge is -2.41. The van der Waals surface area contributed by atoms with Crippen LogP contribution in [0.4, 0.5) is 0 Å². The number of likely N-dealkylation sites (tertiary alicyclic amines) is 1.